The Balaban J connectivity index is 4.47. The highest BCUT2D eigenvalue weighted by Gasteiger charge is 2.34. The van der Waals surface area contributed by atoms with Crippen molar-refractivity contribution >= 4 is 5.97 Å². The van der Waals surface area contributed by atoms with Crippen LogP contribution in [0.1, 0.15) is 60.3 Å². The molecule has 0 spiro atoms. The topological polar surface area (TPSA) is 26.3 Å². The van der Waals surface area contributed by atoms with Gasteiger partial charge in [-0.2, -0.15) is 0 Å². The van der Waals surface area contributed by atoms with Gasteiger partial charge in [-0.3, -0.25) is 4.79 Å². The third-order valence-corrected chi connectivity index (χ3v) is 3.81. The molecular weight excluding hydrogens is 248 g/mol. The van der Waals surface area contributed by atoms with Gasteiger partial charge in [-0.15, -0.1) is 0 Å². The summed E-state index contributed by atoms with van der Waals surface area (Å²) in [6.45, 7) is 14.1. The lowest BCUT2D eigenvalue weighted by atomic mass is 9.79. The van der Waals surface area contributed by atoms with Gasteiger partial charge >= 0.3 is 5.97 Å². The summed E-state index contributed by atoms with van der Waals surface area (Å²) < 4.78 is 4.90. The minimum atomic E-state index is -0.578. The molecule has 1 unspecified atom stereocenters. The van der Waals surface area contributed by atoms with E-state index in [0.717, 1.165) is 31.3 Å². The van der Waals surface area contributed by atoms with E-state index in [-0.39, 0.29) is 5.97 Å². The molecule has 0 saturated carbocycles. The molecule has 0 aromatic heterocycles. The minimum absolute atomic E-state index is 0.194. The quantitative estimate of drug-likeness (QED) is 0.450. The number of allylic oxidation sites excluding steroid dienone is 4. The van der Waals surface area contributed by atoms with E-state index in [1.165, 1.54) is 18.3 Å². The van der Waals surface area contributed by atoms with E-state index < -0.39 is 5.41 Å². The van der Waals surface area contributed by atoms with Crippen molar-refractivity contribution in [2.45, 2.75) is 60.3 Å². The molecule has 0 amide bonds. The fourth-order valence-electron chi connectivity index (χ4n) is 2.01. The van der Waals surface area contributed by atoms with Crippen molar-refractivity contribution in [1.29, 1.82) is 0 Å². The third kappa shape index (κ3) is 6.23. The molecular formula is C18H30O2. The van der Waals surface area contributed by atoms with Gasteiger partial charge in [0.25, 0.3) is 0 Å². The molecule has 0 N–H and O–H groups in total. The summed E-state index contributed by atoms with van der Waals surface area (Å²) >= 11 is 0. The molecule has 0 aromatic carbocycles. The number of esters is 1. The lowest BCUT2D eigenvalue weighted by Gasteiger charge is -2.26. The molecule has 2 heteroatoms. The predicted octanol–water partition coefficient (Wildman–Crippen LogP) is 5.21. The van der Waals surface area contributed by atoms with E-state index in [1.807, 2.05) is 13.8 Å². The van der Waals surface area contributed by atoms with Crippen LogP contribution in [0.3, 0.4) is 0 Å². The van der Waals surface area contributed by atoms with Crippen molar-refractivity contribution in [3.63, 3.8) is 0 Å². The van der Waals surface area contributed by atoms with Crippen molar-refractivity contribution in [1.82, 2.24) is 0 Å². The summed E-state index contributed by atoms with van der Waals surface area (Å²) in [6.07, 6.45) is 8.26. The molecule has 0 aliphatic carbocycles. The maximum Gasteiger partial charge on any atom is 0.315 e. The van der Waals surface area contributed by atoms with Crippen LogP contribution in [0.15, 0.2) is 35.5 Å². The Morgan fingerprint density at radius 3 is 2.20 bits per heavy atom. The highest BCUT2D eigenvalue weighted by Crippen LogP contribution is 2.32. The largest absolute Gasteiger partial charge is 0.468 e. The maximum atomic E-state index is 11.9. The number of methoxy groups -OCH3 is 1. The first-order chi connectivity index (χ1) is 9.24. The monoisotopic (exact) mass is 278 g/mol. The van der Waals surface area contributed by atoms with E-state index in [2.05, 4.69) is 39.5 Å². The molecule has 0 rings (SSSR count). The van der Waals surface area contributed by atoms with Gasteiger partial charge in [-0.1, -0.05) is 35.5 Å². The Labute approximate surface area is 124 Å². The van der Waals surface area contributed by atoms with E-state index in [1.54, 1.807) is 0 Å². The standard InChI is InChI=1S/C18H30O2/c1-14(2)10-8-11-16(5)12-9-13-18(6,15(3)4)17(19)20-7/h10,12H,3,8-9,11,13H2,1-2,4-7H3/b16-12+. The molecule has 0 aromatic rings. The van der Waals surface area contributed by atoms with Crippen molar-refractivity contribution in [3.8, 4) is 0 Å². The maximum absolute atomic E-state index is 11.9. The van der Waals surface area contributed by atoms with Crippen LogP contribution in [-0.2, 0) is 9.53 Å². The van der Waals surface area contributed by atoms with E-state index in [4.69, 9.17) is 4.74 Å². The minimum Gasteiger partial charge on any atom is -0.468 e. The lowest BCUT2D eigenvalue weighted by Crippen LogP contribution is -2.29. The Kier molecular flexibility index (Phi) is 8.21. The van der Waals surface area contributed by atoms with Crippen LogP contribution in [0.2, 0.25) is 0 Å². The fourth-order valence-corrected chi connectivity index (χ4v) is 2.01. The first-order valence-electron chi connectivity index (χ1n) is 7.27. The second-order valence-electron chi connectivity index (χ2n) is 6.01. The first-order valence-corrected chi connectivity index (χ1v) is 7.27. The molecule has 0 radical (unpaired) electrons. The molecule has 0 saturated heterocycles. The fraction of sp³-hybridized carbons (Fsp3) is 0.611. The van der Waals surface area contributed by atoms with Crippen LogP contribution >= 0.6 is 0 Å². The van der Waals surface area contributed by atoms with Crippen LogP contribution in [0, 0.1) is 5.41 Å². The van der Waals surface area contributed by atoms with Gasteiger partial charge in [-0.25, -0.2) is 0 Å². The second kappa shape index (κ2) is 8.78. The van der Waals surface area contributed by atoms with Crippen molar-refractivity contribution in [3.05, 3.63) is 35.5 Å². The molecule has 114 valence electrons. The summed E-state index contributed by atoms with van der Waals surface area (Å²) in [5.74, 6) is -0.194. The zero-order valence-electron chi connectivity index (χ0n) is 14.0. The molecule has 2 nitrogen and oxygen atoms in total. The first kappa shape index (κ1) is 18.7. The smallest absolute Gasteiger partial charge is 0.315 e. The van der Waals surface area contributed by atoms with E-state index >= 15 is 0 Å². The number of hydrogen-bond donors (Lipinski definition) is 0. The summed E-state index contributed by atoms with van der Waals surface area (Å²) in [4.78, 5) is 11.9. The van der Waals surface area contributed by atoms with Crippen LogP contribution in [0.5, 0.6) is 0 Å². The number of rotatable bonds is 8. The number of carbonyl (C=O) groups excluding carboxylic acids is 1. The van der Waals surface area contributed by atoms with Gasteiger partial charge in [0, 0.05) is 0 Å². The molecule has 20 heavy (non-hydrogen) atoms. The predicted molar refractivity (Wildman–Crippen MR) is 86.6 cm³/mol. The van der Waals surface area contributed by atoms with Crippen molar-refractivity contribution in [2.75, 3.05) is 7.11 Å². The van der Waals surface area contributed by atoms with Gasteiger partial charge in [0.15, 0.2) is 0 Å². The van der Waals surface area contributed by atoms with Crippen molar-refractivity contribution < 1.29 is 9.53 Å². The van der Waals surface area contributed by atoms with E-state index in [0.29, 0.717) is 0 Å². The number of carbonyl (C=O) groups is 1. The number of hydrogen-bond acceptors (Lipinski definition) is 2. The Morgan fingerprint density at radius 2 is 1.75 bits per heavy atom. The zero-order valence-corrected chi connectivity index (χ0v) is 14.0. The van der Waals surface area contributed by atoms with Crippen LogP contribution in [0.4, 0.5) is 0 Å². The molecule has 0 heterocycles. The summed E-state index contributed by atoms with van der Waals surface area (Å²) in [6, 6.07) is 0. The SMILES string of the molecule is C=C(C)C(C)(CC/C=C(\C)CCC=C(C)C)C(=O)OC. The Morgan fingerprint density at radius 1 is 1.15 bits per heavy atom. The van der Waals surface area contributed by atoms with Gasteiger partial charge in [0.2, 0.25) is 0 Å². The van der Waals surface area contributed by atoms with Crippen LogP contribution in [0.25, 0.3) is 0 Å². The molecule has 0 aliphatic heterocycles. The number of ether oxygens (including phenoxy) is 1. The average molecular weight is 278 g/mol. The van der Waals surface area contributed by atoms with Gasteiger partial charge in [-0.05, 0) is 60.3 Å². The Bertz CT molecular complexity index is 398. The molecule has 0 aliphatic rings. The summed E-state index contributed by atoms with van der Waals surface area (Å²) in [5.41, 5.74) is 3.01. The van der Waals surface area contributed by atoms with Gasteiger partial charge in [0.1, 0.15) is 0 Å². The van der Waals surface area contributed by atoms with Gasteiger partial charge in [0.05, 0.1) is 12.5 Å². The second-order valence-corrected chi connectivity index (χ2v) is 6.01. The molecule has 1 atom stereocenters. The zero-order chi connectivity index (χ0) is 15.8. The highest BCUT2D eigenvalue weighted by atomic mass is 16.5. The molecule has 0 fully saturated rings. The van der Waals surface area contributed by atoms with E-state index in [9.17, 15) is 4.79 Å². The van der Waals surface area contributed by atoms with Crippen LogP contribution in [-0.4, -0.2) is 13.1 Å². The molecule has 0 bridgehead atoms. The summed E-state index contributed by atoms with van der Waals surface area (Å²) in [5, 5.41) is 0. The lowest BCUT2D eigenvalue weighted by molar-refractivity contribution is -0.149. The third-order valence-electron chi connectivity index (χ3n) is 3.81. The van der Waals surface area contributed by atoms with Crippen molar-refractivity contribution in [2.24, 2.45) is 5.41 Å². The van der Waals surface area contributed by atoms with Gasteiger partial charge < -0.3 is 4.74 Å². The normalized spacial score (nSPS) is 14.4. The summed E-state index contributed by atoms with van der Waals surface area (Å²) in [7, 11) is 1.43. The van der Waals surface area contributed by atoms with Crippen LogP contribution < -0.4 is 0 Å². The average Bonchev–Trinajstić information content (AvgIpc) is 2.36. The Hall–Kier alpha value is -1.31. The highest BCUT2D eigenvalue weighted by molar-refractivity contribution is 5.79.